The molecule has 0 saturated carbocycles. The Morgan fingerprint density at radius 2 is 1.89 bits per heavy atom. The lowest BCUT2D eigenvalue weighted by atomic mass is 10.0. The van der Waals surface area contributed by atoms with Crippen molar-refractivity contribution >= 4 is 39.0 Å². The van der Waals surface area contributed by atoms with Gasteiger partial charge in [-0.2, -0.15) is 4.98 Å². The smallest absolute Gasteiger partial charge is 0.222 e. The summed E-state index contributed by atoms with van der Waals surface area (Å²) >= 11 is 1.70. The number of benzene rings is 2. The van der Waals surface area contributed by atoms with Crippen molar-refractivity contribution in [3.8, 4) is 10.4 Å². The molecule has 2 aliphatic heterocycles. The maximum Gasteiger partial charge on any atom is 0.222 e. The first-order chi connectivity index (χ1) is 17.1. The molecule has 4 aromatic rings. The molecule has 2 N–H and O–H groups in total. The summed E-state index contributed by atoms with van der Waals surface area (Å²) in [5, 5.41) is 1.93. The number of rotatable bonds is 5. The van der Waals surface area contributed by atoms with E-state index < -0.39 is 0 Å². The Hall–Kier alpha value is -3.20. The number of thiophene rings is 1. The van der Waals surface area contributed by atoms with Crippen LogP contribution >= 0.6 is 11.3 Å². The number of anilines is 3. The highest BCUT2D eigenvalue weighted by Gasteiger charge is 2.31. The fourth-order valence-electron chi connectivity index (χ4n) is 5.13. The van der Waals surface area contributed by atoms with Crippen LogP contribution in [-0.2, 0) is 4.84 Å². The number of hydrogen-bond donors (Lipinski definition) is 1. The Bertz CT molecular complexity index is 1340. The van der Waals surface area contributed by atoms with Gasteiger partial charge in [-0.25, -0.2) is 10.0 Å². The molecule has 2 aliphatic rings. The summed E-state index contributed by atoms with van der Waals surface area (Å²) < 4.78 is 0.997. The molecule has 4 heterocycles. The van der Waals surface area contributed by atoms with Gasteiger partial charge < -0.3 is 15.5 Å². The molecule has 2 aromatic carbocycles. The molecular weight excluding hydrogens is 456 g/mol. The molecule has 0 spiro atoms. The number of aromatic nitrogens is 2. The van der Waals surface area contributed by atoms with Gasteiger partial charge in [0.25, 0.3) is 0 Å². The minimum Gasteiger partial charge on any atom is -0.370 e. The summed E-state index contributed by atoms with van der Waals surface area (Å²) in [6.45, 7) is 2.79. The van der Waals surface area contributed by atoms with E-state index >= 15 is 0 Å². The largest absolute Gasteiger partial charge is 0.370 e. The van der Waals surface area contributed by atoms with Gasteiger partial charge in [0.05, 0.1) is 22.9 Å². The Morgan fingerprint density at radius 3 is 2.69 bits per heavy atom. The SMILES string of the molecule is CN(C)C1CCN(c2cccc(-c3cc4nc(N)nc(N5OCCC5c5ccccc5)c4s3)c2)C1. The first-order valence-electron chi connectivity index (χ1n) is 12.1. The monoisotopic (exact) mass is 486 g/mol. The predicted octanol–water partition coefficient (Wildman–Crippen LogP) is 4.96. The third-order valence-electron chi connectivity index (χ3n) is 7.06. The lowest BCUT2D eigenvalue weighted by molar-refractivity contribution is 0.157. The summed E-state index contributed by atoms with van der Waals surface area (Å²) in [4.78, 5) is 21.2. The number of nitrogen functional groups attached to an aromatic ring is 1. The van der Waals surface area contributed by atoms with E-state index in [9.17, 15) is 0 Å². The Morgan fingerprint density at radius 1 is 1.03 bits per heavy atom. The average Bonchev–Trinajstić information content (AvgIpc) is 3.63. The highest BCUT2D eigenvalue weighted by molar-refractivity contribution is 7.22. The molecule has 2 atom stereocenters. The van der Waals surface area contributed by atoms with Crippen LogP contribution in [0.2, 0.25) is 0 Å². The van der Waals surface area contributed by atoms with Crippen molar-refractivity contribution < 1.29 is 4.84 Å². The molecule has 2 fully saturated rings. The highest BCUT2D eigenvalue weighted by Crippen LogP contribution is 2.43. The van der Waals surface area contributed by atoms with E-state index in [1.807, 2.05) is 11.1 Å². The van der Waals surface area contributed by atoms with Crippen molar-refractivity contribution in [2.24, 2.45) is 0 Å². The van der Waals surface area contributed by atoms with Gasteiger partial charge in [0.15, 0.2) is 5.82 Å². The van der Waals surface area contributed by atoms with E-state index in [-0.39, 0.29) is 12.0 Å². The van der Waals surface area contributed by atoms with Crippen LogP contribution in [-0.4, -0.2) is 54.7 Å². The van der Waals surface area contributed by atoms with E-state index in [1.165, 1.54) is 23.2 Å². The van der Waals surface area contributed by atoms with Crippen LogP contribution in [0.25, 0.3) is 20.7 Å². The van der Waals surface area contributed by atoms with Gasteiger partial charge in [-0.05, 0) is 49.8 Å². The second kappa shape index (κ2) is 9.11. The second-order valence-electron chi connectivity index (χ2n) is 9.51. The van der Waals surface area contributed by atoms with Gasteiger partial charge in [0.2, 0.25) is 5.95 Å². The molecule has 8 heteroatoms. The Labute approximate surface area is 209 Å². The zero-order chi connectivity index (χ0) is 23.9. The third-order valence-corrected chi connectivity index (χ3v) is 8.23. The van der Waals surface area contributed by atoms with Crippen LogP contribution in [0.5, 0.6) is 0 Å². The van der Waals surface area contributed by atoms with Gasteiger partial charge in [-0.15, -0.1) is 11.3 Å². The summed E-state index contributed by atoms with van der Waals surface area (Å²) in [5.74, 6) is 1.01. The number of hydrogen-bond acceptors (Lipinski definition) is 8. The first kappa shape index (κ1) is 22.3. The molecule has 35 heavy (non-hydrogen) atoms. The van der Waals surface area contributed by atoms with Gasteiger partial charge in [0, 0.05) is 36.1 Å². The van der Waals surface area contributed by atoms with E-state index in [1.54, 1.807) is 11.3 Å². The fourth-order valence-corrected chi connectivity index (χ4v) is 6.20. The third kappa shape index (κ3) is 4.22. The van der Waals surface area contributed by atoms with Crippen molar-refractivity contribution in [3.05, 3.63) is 66.2 Å². The normalized spacial score (nSPS) is 20.4. The van der Waals surface area contributed by atoms with Crippen LogP contribution in [0.1, 0.15) is 24.4 Å². The maximum atomic E-state index is 6.16. The van der Waals surface area contributed by atoms with Crippen LogP contribution in [0.3, 0.4) is 0 Å². The van der Waals surface area contributed by atoms with E-state index in [4.69, 9.17) is 10.6 Å². The highest BCUT2D eigenvalue weighted by atomic mass is 32.1. The average molecular weight is 487 g/mol. The summed E-state index contributed by atoms with van der Waals surface area (Å²) in [5.41, 5.74) is 10.7. The number of nitrogens with two attached hydrogens (primary N) is 1. The fraction of sp³-hybridized carbons (Fsp3) is 0.333. The van der Waals surface area contributed by atoms with Crippen molar-refractivity contribution in [1.29, 1.82) is 0 Å². The molecule has 0 amide bonds. The van der Waals surface area contributed by atoms with Gasteiger partial charge >= 0.3 is 0 Å². The number of hydroxylamine groups is 1. The predicted molar refractivity (Wildman–Crippen MR) is 144 cm³/mol. The molecule has 0 bridgehead atoms. The van der Waals surface area contributed by atoms with Gasteiger partial charge in [-0.3, -0.25) is 4.84 Å². The molecular formula is C27H30N6OS. The van der Waals surface area contributed by atoms with Crippen molar-refractivity contribution in [2.45, 2.75) is 24.9 Å². The minimum absolute atomic E-state index is 0.0994. The summed E-state index contributed by atoms with van der Waals surface area (Å²) in [6.07, 6.45) is 2.09. The number of fused-ring (bicyclic) bond motifs is 1. The van der Waals surface area contributed by atoms with Crippen molar-refractivity contribution in [3.63, 3.8) is 0 Å². The summed E-state index contributed by atoms with van der Waals surface area (Å²) in [7, 11) is 4.33. The Balaban J connectivity index is 1.36. The van der Waals surface area contributed by atoms with Crippen LogP contribution in [0.4, 0.5) is 17.5 Å². The molecule has 2 aromatic heterocycles. The molecule has 6 rings (SSSR count). The van der Waals surface area contributed by atoms with Crippen LogP contribution in [0, 0.1) is 0 Å². The van der Waals surface area contributed by atoms with Crippen molar-refractivity contribution in [2.75, 3.05) is 49.5 Å². The molecule has 180 valence electrons. The van der Waals surface area contributed by atoms with Gasteiger partial charge in [0.1, 0.15) is 0 Å². The molecule has 7 nitrogen and oxygen atoms in total. The summed E-state index contributed by atoms with van der Waals surface area (Å²) in [6, 6.07) is 22.1. The van der Waals surface area contributed by atoms with Crippen molar-refractivity contribution in [1.82, 2.24) is 14.9 Å². The molecule has 2 unspecified atom stereocenters. The second-order valence-corrected chi connectivity index (χ2v) is 10.6. The lowest BCUT2D eigenvalue weighted by Crippen LogP contribution is -2.31. The molecule has 0 radical (unpaired) electrons. The zero-order valence-corrected chi connectivity index (χ0v) is 20.9. The molecule has 0 aliphatic carbocycles. The molecule has 2 saturated heterocycles. The Kier molecular flexibility index (Phi) is 5.80. The quantitative estimate of drug-likeness (QED) is 0.427. The first-order valence-corrected chi connectivity index (χ1v) is 12.9. The lowest BCUT2D eigenvalue weighted by Gasteiger charge is -2.24. The van der Waals surface area contributed by atoms with E-state index in [0.29, 0.717) is 12.6 Å². The van der Waals surface area contributed by atoms with Crippen LogP contribution in [0.15, 0.2) is 60.7 Å². The zero-order valence-electron chi connectivity index (χ0n) is 20.1. The number of likely N-dealkylation sites (N-methyl/N-ethyl adjacent to an activating group) is 1. The van der Waals surface area contributed by atoms with Gasteiger partial charge in [-0.1, -0.05) is 42.5 Å². The van der Waals surface area contributed by atoms with E-state index in [2.05, 4.69) is 88.5 Å². The topological polar surface area (TPSA) is 70.8 Å². The maximum absolute atomic E-state index is 6.16. The standard InChI is InChI=1S/C27H30N6OS/c1-31(2)21-11-13-32(17-21)20-10-6-9-19(15-20)24-16-22-25(35-24)26(30-27(28)29-22)33-23(12-14-34-33)18-7-4-3-5-8-18/h3-10,15-16,21,23H,11-14,17H2,1-2H3,(H2,28,29,30). The number of nitrogens with zero attached hydrogens (tertiary/aromatic N) is 5. The van der Waals surface area contributed by atoms with Crippen LogP contribution < -0.4 is 15.7 Å². The van der Waals surface area contributed by atoms with E-state index in [0.717, 1.165) is 40.4 Å². The minimum atomic E-state index is 0.0994.